The molecule has 4 heteroatoms. The van der Waals surface area contributed by atoms with Gasteiger partial charge in [0.05, 0.1) is 13.2 Å². The first-order valence-electron chi connectivity index (χ1n) is 6.06. The fraction of sp³-hybridized carbons (Fsp3) is 0.200. The number of methoxy groups -OCH3 is 1. The zero-order valence-corrected chi connectivity index (χ0v) is 10.4. The zero-order chi connectivity index (χ0) is 13.4. The molecule has 19 heavy (non-hydrogen) atoms. The van der Waals surface area contributed by atoms with Crippen molar-refractivity contribution in [2.75, 3.05) is 12.4 Å². The molecule has 2 nitrogen and oxygen atoms in total. The molecule has 1 atom stereocenters. The van der Waals surface area contributed by atoms with Gasteiger partial charge in [-0.05, 0) is 48.4 Å². The predicted octanol–water partition coefficient (Wildman–Crippen LogP) is 3.68. The van der Waals surface area contributed by atoms with Gasteiger partial charge in [0, 0.05) is 11.3 Å². The second-order valence-electron chi connectivity index (χ2n) is 4.59. The molecular weight excluding hydrogens is 248 g/mol. The topological polar surface area (TPSA) is 21.3 Å². The molecule has 0 aliphatic carbocycles. The minimum atomic E-state index is -0.424. The Labute approximate surface area is 110 Å². The Morgan fingerprint density at radius 3 is 2.79 bits per heavy atom. The van der Waals surface area contributed by atoms with Crippen molar-refractivity contribution in [2.24, 2.45) is 0 Å². The summed E-state index contributed by atoms with van der Waals surface area (Å²) >= 11 is 0. The maximum Gasteiger partial charge on any atom is 0.128 e. The highest BCUT2D eigenvalue weighted by Gasteiger charge is 2.25. The fourth-order valence-electron chi connectivity index (χ4n) is 2.43. The third kappa shape index (κ3) is 2.14. The van der Waals surface area contributed by atoms with Crippen molar-refractivity contribution in [3.63, 3.8) is 0 Å². The SMILES string of the molecule is COc1ccc2c(c1)CC(c1cc(F)ccc1F)N2. The van der Waals surface area contributed by atoms with Crippen LogP contribution in [0, 0.1) is 11.6 Å². The predicted molar refractivity (Wildman–Crippen MR) is 69.4 cm³/mol. The molecule has 0 fully saturated rings. The zero-order valence-electron chi connectivity index (χ0n) is 10.4. The third-order valence-electron chi connectivity index (χ3n) is 3.40. The number of anilines is 1. The van der Waals surface area contributed by atoms with Crippen LogP contribution in [0.4, 0.5) is 14.5 Å². The van der Waals surface area contributed by atoms with Crippen LogP contribution < -0.4 is 10.1 Å². The summed E-state index contributed by atoms with van der Waals surface area (Å²) in [6.45, 7) is 0. The van der Waals surface area contributed by atoms with Gasteiger partial charge < -0.3 is 10.1 Å². The number of benzene rings is 2. The van der Waals surface area contributed by atoms with E-state index in [9.17, 15) is 8.78 Å². The van der Waals surface area contributed by atoms with Gasteiger partial charge in [-0.15, -0.1) is 0 Å². The molecule has 0 spiro atoms. The van der Waals surface area contributed by atoms with Crippen molar-refractivity contribution in [3.8, 4) is 5.75 Å². The van der Waals surface area contributed by atoms with Gasteiger partial charge in [-0.1, -0.05) is 0 Å². The summed E-state index contributed by atoms with van der Waals surface area (Å²) < 4.78 is 32.2. The number of rotatable bonds is 2. The molecule has 0 saturated heterocycles. The van der Waals surface area contributed by atoms with E-state index in [1.54, 1.807) is 7.11 Å². The van der Waals surface area contributed by atoms with Crippen LogP contribution in [0.25, 0.3) is 0 Å². The van der Waals surface area contributed by atoms with Crippen LogP contribution in [-0.4, -0.2) is 7.11 Å². The van der Waals surface area contributed by atoms with Crippen molar-refractivity contribution in [2.45, 2.75) is 12.5 Å². The Hall–Kier alpha value is -2.10. The third-order valence-corrected chi connectivity index (χ3v) is 3.40. The van der Waals surface area contributed by atoms with Gasteiger partial charge in [-0.3, -0.25) is 0 Å². The average molecular weight is 261 g/mol. The van der Waals surface area contributed by atoms with Gasteiger partial charge in [-0.25, -0.2) is 8.78 Å². The van der Waals surface area contributed by atoms with E-state index in [-0.39, 0.29) is 6.04 Å². The van der Waals surface area contributed by atoms with Gasteiger partial charge in [0.2, 0.25) is 0 Å². The second kappa shape index (κ2) is 4.53. The lowest BCUT2D eigenvalue weighted by molar-refractivity contribution is 0.414. The van der Waals surface area contributed by atoms with E-state index in [4.69, 9.17) is 4.74 Å². The van der Waals surface area contributed by atoms with Gasteiger partial charge >= 0.3 is 0 Å². The lowest BCUT2D eigenvalue weighted by atomic mass is 10.0. The summed E-state index contributed by atoms with van der Waals surface area (Å²) in [4.78, 5) is 0. The molecule has 0 bridgehead atoms. The van der Waals surface area contributed by atoms with Crippen LogP contribution in [0.1, 0.15) is 17.2 Å². The Morgan fingerprint density at radius 2 is 2.00 bits per heavy atom. The van der Waals surface area contributed by atoms with Gasteiger partial charge in [0.25, 0.3) is 0 Å². The Bertz CT molecular complexity index is 628. The molecule has 1 heterocycles. The first-order chi connectivity index (χ1) is 9.17. The highest BCUT2D eigenvalue weighted by Crippen LogP contribution is 2.37. The lowest BCUT2D eigenvalue weighted by Gasteiger charge is -2.12. The van der Waals surface area contributed by atoms with Crippen LogP contribution in [0.2, 0.25) is 0 Å². The number of hydrogen-bond acceptors (Lipinski definition) is 2. The van der Waals surface area contributed by atoms with E-state index in [0.29, 0.717) is 12.0 Å². The molecule has 1 unspecified atom stereocenters. The summed E-state index contributed by atoms with van der Waals surface area (Å²) in [5, 5.41) is 3.21. The highest BCUT2D eigenvalue weighted by atomic mass is 19.1. The Kier molecular flexibility index (Phi) is 2.85. The van der Waals surface area contributed by atoms with Gasteiger partial charge in [0.15, 0.2) is 0 Å². The fourth-order valence-corrected chi connectivity index (χ4v) is 2.43. The molecular formula is C15H13F2NO. The van der Waals surface area contributed by atoms with Crippen molar-refractivity contribution in [1.29, 1.82) is 0 Å². The van der Waals surface area contributed by atoms with Crippen LogP contribution >= 0.6 is 0 Å². The maximum atomic E-state index is 13.8. The van der Waals surface area contributed by atoms with Crippen LogP contribution in [0.3, 0.4) is 0 Å². The lowest BCUT2D eigenvalue weighted by Crippen LogP contribution is -2.08. The van der Waals surface area contributed by atoms with Crippen LogP contribution in [-0.2, 0) is 6.42 Å². The number of nitrogens with one attached hydrogen (secondary N) is 1. The summed E-state index contributed by atoms with van der Waals surface area (Å²) in [5.74, 6) is -0.0497. The van der Waals surface area contributed by atoms with Crippen molar-refractivity contribution >= 4 is 5.69 Å². The molecule has 1 N–H and O–H groups in total. The van der Waals surface area contributed by atoms with Crippen LogP contribution in [0.5, 0.6) is 5.75 Å². The average Bonchev–Trinajstić information content (AvgIpc) is 2.83. The van der Waals surface area contributed by atoms with E-state index >= 15 is 0 Å². The summed E-state index contributed by atoms with van der Waals surface area (Å²) in [6.07, 6.45) is 0.618. The monoisotopic (exact) mass is 261 g/mol. The van der Waals surface area contributed by atoms with Crippen molar-refractivity contribution in [1.82, 2.24) is 0 Å². The molecule has 2 aromatic rings. The number of halogens is 2. The maximum absolute atomic E-state index is 13.8. The minimum absolute atomic E-state index is 0.238. The molecule has 0 saturated carbocycles. The standard InChI is InChI=1S/C15H13F2NO/c1-19-11-3-5-14-9(6-11)7-15(18-14)12-8-10(16)2-4-13(12)17/h2-6,8,15,18H,7H2,1H3. The highest BCUT2D eigenvalue weighted by molar-refractivity contribution is 5.60. The molecule has 1 aliphatic heterocycles. The summed E-state index contributed by atoms with van der Waals surface area (Å²) in [7, 11) is 1.60. The Balaban J connectivity index is 1.93. The summed E-state index contributed by atoms with van der Waals surface area (Å²) in [5.41, 5.74) is 2.35. The van der Waals surface area contributed by atoms with Gasteiger partial charge in [0.1, 0.15) is 17.4 Å². The molecule has 98 valence electrons. The first-order valence-corrected chi connectivity index (χ1v) is 6.06. The molecule has 0 aromatic heterocycles. The smallest absolute Gasteiger partial charge is 0.128 e. The normalized spacial score (nSPS) is 16.9. The van der Waals surface area contributed by atoms with E-state index in [0.717, 1.165) is 29.1 Å². The van der Waals surface area contributed by atoms with Crippen molar-refractivity contribution in [3.05, 3.63) is 59.2 Å². The first kappa shape index (κ1) is 12.0. The number of ether oxygens (including phenoxy) is 1. The molecule has 2 aromatic carbocycles. The minimum Gasteiger partial charge on any atom is -0.497 e. The van der Waals surface area contributed by atoms with E-state index in [1.165, 1.54) is 6.07 Å². The summed E-state index contributed by atoms with van der Waals surface area (Å²) in [6, 6.07) is 8.95. The molecule has 1 aliphatic rings. The number of fused-ring (bicyclic) bond motifs is 1. The van der Waals surface area contributed by atoms with E-state index in [1.807, 2.05) is 18.2 Å². The van der Waals surface area contributed by atoms with E-state index < -0.39 is 11.6 Å². The van der Waals surface area contributed by atoms with E-state index in [2.05, 4.69) is 5.32 Å². The quantitative estimate of drug-likeness (QED) is 0.890. The van der Waals surface area contributed by atoms with Gasteiger partial charge in [-0.2, -0.15) is 0 Å². The molecule has 3 rings (SSSR count). The van der Waals surface area contributed by atoms with Crippen molar-refractivity contribution < 1.29 is 13.5 Å². The Morgan fingerprint density at radius 1 is 1.16 bits per heavy atom. The number of hydrogen-bond donors (Lipinski definition) is 1. The molecule has 0 amide bonds. The molecule has 0 radical (unpaired) electrons. The second-order valence-corrected chi connectivity index (χ2v) is 4.59. The van der Waals surface area contributed by atoms with Crippen LogP contribution in [0.15, 0.2) is 36.4 Å². The largest absolute Gasteiger partial charge is 0.497 e.